The Bertz CT molecular complexity index is 1120. The van der Waals surface area contributed by atoms with Gasteiger partial charge in [-0.3, -0.25) is 0 Å². The van der Waals surface area contributed by atoms with Crippen LogP contribution in [0.1, 0.15) is 17.0 Å². The number of hydrogen-bond acceptors (Lipinski definition) is 6. The third kappa shape index (κ3) is 2.70. The molecule has 0 unspecified atom stereocenters. The zero-order valence-electron chi connectivity index (χ0n) is 15.0. The summed E-state index contributed by atoms with van der Waals surface area (Å²) in [5.74, 6) is 2.10. The molecule has 5 rings (SSSR count). The molecular weight excluding hydrogens is 338 g/mol. The molecule has 0 fully saturated rings. The van der Waals surface area contributed by atoms with Gasteiger partial charge < -0.3 is 15.2 Å². The van der Waals surface area contributed by atoms with Gasteiger partial charge in [-0.05, 0) is 17.7 Å². The fourth-order valence-corrected chi connectivity index (χ4v) is 3.78. The first-order chi connectivity index (χ1) is 13.2. The van der Waals surface area contributed by atoms with Crippen LogP contribution in [0.4, 0.5) is 11.8 Å². The molecule has 0 bridgehead atoms. The van der Waals surface area contributed by atoms with Crippen LogP contribution >= 0.6 is 0 Å². The van der Waals surface area contributed by atoms with Gasteiger partial charge in [0.2, 0.25) is 5.95 Å². The number of benzene rings is 2. The lowest BCUT2D eigenvalue weighted by atomic mass is 9.97. The maximum absolute atomic E-state index is 5.84. The smallest absolute Gasteiger partial charge is 0.222 e. The van der Waals surface area contributed by atoms with Crippen LogP contribution in [-0.4, -0.2) is 21.7 Å². The lowest BCUT2D eigenvalue weighted by Crippen LogP contribution is -2.31. The van der Waals surface area contributed by atoms with Crippen molar-refractivity contribution in [2.45, 2.75) is 19.9 Å². The minimum atomic E-state index is 0.301. The normalized spacial score (nSPS) is 13.7. The topological polar surface area (TPSA) is 81.1 Å². The third-order valence-corrected chi connectivity index (χ3v) is 5.05. The molecule has 0 atom stereocenters. The van der Waals surface area contributed by atoms with E-state index in [2.05, 4.69) is 56.4 Å². The summed E-state index contributed by atoms with van der Waals surface area (Å²) in [6.45, 7) is 3.43. The molecule has 3 heterocycles. The van der Waals surface area contributed by atoms with Gasteiger partial charge in [0.15, 0.2) is 0 Å². The molecule has 6 nitrogen and oxygen atoms in total. The van der Waals surface area contributed by atoms with Crippen LogP contribution in [0.3, 0.4) is 0 Å². The monoisotopic (exact) mass is 357 g/mol. The molecule has 0 spiro atoms. The van der Waals surface area contributed by atoms with E-state index in [1.165, 1.54) is 10.8 Å². The van der Waals surface area contributed by atoms with Crippen LogP contribution in [0, 0.1) is 6.92 Å². The summed E-state index contributed by atoms with van der Waals surface area (Å²) in [5.41, 5.74) is 9.83. The second-order valence-electron chi connectivity index (χ2n) is 6.86. The number of fused-ring (bicyclic) bond motifs is 2. The first kappa shape index (κ1) is 15.8. The highest BCUT2D eigenvalue weighted by molar-refractivity contribution is 5.96. The predicted molar refractivity (Wildman–Crippen MR) is 105 cm³/mol. The molecule has 2 N–H and O–H groups in total. The number of rotatable bonds is 2. The van der Waals surface area contributed by atoms with Crippen molar-refractivity contribution < 1.29 is 4.52 Å². The number of nitrogens with two attached hydrogens (primary N) is 1. The Morgan fingerprint density at radius 2 is 1.93 bits per heavy atom. The summed E-state index contributed by atoms with van der Waals surface area (Å²) in [6, 6.07) is 16.6. The first-order valence-corrected chi connectivity index (χ1v) is 9.01. The van der Waals surface area contributed by atoms with E-state index >= 15 is 0 Å². The molecule has 0 saturated heterocycles. The van der Waals surface area contributed by atoms with Gasteiger partial charge in [0.1, 0.15) is 17.3 Å². The van der Waals surface area contributed by atoms with E-state index < -0.39 is 0 Å². The molecule has 2 aromatic heterocycles. The summed E-state index contributed by atoms with van der Waals surface area (Å²) in [5, 5.41) is 6.79. The van der Waals surface area contributed by atoms with E-state index in [-0.39, 0.29) is 0 Å². The van der Waals surface area contributed by atoms with Crippen LogP contribution in [0.15, 0.2) is 53.1 Å². The van der Waals surface area contributed by atoms with Crippen LogP contribution < -0.4 is 10.6 Å². The Morgan fingerprint density at radius 3 is 2.81 bits per heavy atom. The van der Waals surface area contributed by atoms with Crippen molar-refractivity contribution in [3.05, 3.63) is 65.5 Å². The zero-order chi connectivity index (χ0) is 18.4. The Balaban J connectivity index is 1.59. The summed E-state index contributed by atoms with van der Waals surface area (Å²) in [6.07, 6.45) is 0.788. The van der Waals surface area contributed by atoms with Crippen molar-refractivity contribution in [3.8, 4) is 11.3 Å². The van der Waals surface area contributed by atoms with Crippen molar-refractivity contribution in [2.24, 2.45) is 0 Å². The van der Waals surface area contributed by atoms with Crippen molar-refractivity contribution >= 4 is 22.5 Å². The van der Waals surface area contributed by atoms with Gasteiger partial charge in [0.25, 0.3) is 0 Å². The van der Waals surface area contributed by atoms with Crippen molar-refractivity contribution in [1.29, 1.82) is 0 Å². The molecular formula is C21H19N5O. The number of hydrogen-bond donors (Lipinski definition) is 1. The SMILES string of the molecule is Cc1cc(N2CCc3onc(-c4cccc5ccccc45)c3C2)nc(N)n1. The molecule has 27 heavy (non-hydrogen) atoms. The number of anilines is 2. The highest BCUT2D eigenvalue weighted by Crippen LogP contribution is 2.35. The Hall–Kier alpha value is -3.41. The van der Waals surface area contributed by atoms with E-state index in [0.717, 1.165) is 47.1 Å². The van der Waals surface area contributed by atoms with Gasteiger partial charge in [0, 0.05) is 35.9 Å². The highest BCUT2D eigenvalue weighted by atomic mass is 16.5. The molecule has 1 aliphatic rings. The molecule has 0 saturated carbocycles. The first-order valence-electron chi connectivity index (χ1n) is 9.01. The second kappa shape index (κ2) is 6.09. The predicted octanol–water partition coefficient (Wildman–Crippen LogP) is 3.74. The molecule has 0 aliphatic carbocycles. The maximum atomic E-state index is 5.84. The number of nitrogen functional groups attached to an aromatic ring is 1. The fourth-order valence-electron chi connectivity index (χ4n) is 3.78. The minimum absolute atomic E-state index is 0.301. The van der Waals surface area contributed by atoms with E-state index in [1.54, 1.807) is 0 Å². The van der Waals surface area contributed by atoms with Crippen LogP contribution in [-0.2, 0) is 13.0 Å². The van der Waals surface area contributed by atoms with Crippen molar-refractivity contribution in [2.75, 3.05) is 17.2 Å². The molecule has 0 amide bonds. The summed E-state index contributed by atoms with van der Waals surface area (Å²) in [4.78, 5) is 10.8. The average molecular weight is 357 g/mol. The Kier molecular flexibility index (Phi) is 3.57. The molecule has 0 radical (unpaired) electrons. The maximum Gasteiger partial charge on any atom is 0.222 e. The number of aromatic nitrogens is 3. The number of nitrogens with zero attached hydrogens (tertiary/aromatic N) is 4. The largest absolute Gasteiger partial charge is 0.368 e. The number of aryl methyl sites for hydroxylation is 1. The summed E-state index contributed by atoms with van der Waals surface area (Å²) < 4.78 is 5.69. The van der Waals surface area contributed by atoms with E-state index in [4.69, 9.17) is 10.3 Å². The lowest BCUT2D eigenvalue weighted by Gasteiger charge is -2.27. The lowest BCUT2D eigenvalue weighted by molar-refractivity contribution is 0.379. The van der Waals surface area contributed by atoms with E-state index in [0.29, 0.717) is 12.5 Å². The third-order valence-electron chi connectivity index (χ3n) is 5.05. The zero-order valence-corrected chi connectivity index (χ0v) is 15.0. The van der Waals surface area contributed by atoms with Gasteiger partial charge in [-0.2, -0.15) is 4.98 Å². The second-order valence-corrected chi connectivity index (χ2v) is 6.86. The summed E-state index contributed by atoms with van der Waals surface area (Å²) in [7, 11) is 0. The van der Waals surface area contributed by atoms with Gasteiger partial charge in [0.05, 0.1) is 6.54 Å². The van der Waals surface area contributed by atoms with E-state index in [9.17, 15) is 0 Å². The molecule has 1 aliphatic heterocycles. The Labute approximate surface area is 156 Å². The van der Waals surface area contributed by atoms with Gasteiger partial charge in [-0.15, -0.1) is 0 Å². The van der Waals surface area contributed by atoms with Crippen molar-refractivity contribution in [1.82, 2.24) is 15.1 Å². The van der Waals surface area contributed by atoms with Gasteiger partial charge in [-0.1, -0.05) is 47.6 Å². The van der Waals surface area contributed by atoms with Crippen LogP contribution in [0.5, 0.6) is 0 Å². The molecule has 6 heteroatoms. The molecule has 134 valence electrons. The van der Waals surface area contributed by atoms with E-state index in [1.807, 2.05) is 19.1 Å². The fraction of sp³-hybridized carbons (Fsp3) is 0.190. The van der Waals surface area contributed by atoms with Gasteiger partial charge in [-0.25, -0.2) is 4.98 Å². The highest BCUT2D eigenvalue weighted by Gasteiger charge is 2.26. The molecule has 4 aromatic rings. The van der Waals surface area contributed by atoms with Crippen LogP contribution in [0.2, 0.25) is 0 Å². The molecule has 2 aromatic carbocycles. The standard InChI is InChI=1S/C21H19N5O/c1-13-11-19(24-21(22)23-13)26-10-9-18-17(12-26)20(25-27-18)16-8-4-6-14-5-2-3-7-15(14)16/h2-8,11H,9-10,12H2,1H3,(H2,22,23,24). The van der Waals surface area contributed by atoms with Gasteiger partial charge >= 0.3 is 0 Å². The average Bonchev–Trinajstić information content (AvgIpc) is 3.10. The minimum Gasteiger partial charge on any atom is -0.368 e. The quantitative estimate of drug-likeness (QED) is 0.589. The van der Waals surface area contributed by atoms with Crippen LogP contribution in [0.25, 0.3) is 22.0 Å². The Morgan fingerprint density at radius 1 is 1.07 bits per heavy atom. The summed E-state index contributed by atoms with van der Waals surface area (Å²) >= 11 is 0. The van der Waals surface area contributed by atoms with Crippen molar-refractivity contribution in [3.63, 3.8) is 0 Å².